The maximum absolute atomic E-state index is 11.5. The van der Waals surface area contributed by atoms with Crippen LogP contribution in [0.25, 0.3) is 0 Å². The maximum atomic E-state index is 11.5. The third-order valence-electron chi connectivity index (χ3n) is 3.58. The van der Waals surface area contributed by atoms with Crippen LogP contribution in [0.2, 0.25) is 0 Å². The number of carbonyl (C=O) groups excluding carboxylic acids is 1. The van der Waals surface area contributed by atoms with Gasteiger partial charge in [0.2, 0.25) is 0 Å². The van der Waals surface area contributed by atoms with Crippen LogP contribution < -0.4 is 5.32 Å². The molecule has 0 amide bonds. The molecule has 0 fully saturated rings. The van der Waals surface area contributed by atoms with E-state index in [1.807, 2.05) is 20.8 Å². The van der Waals surface area contributed by atoms with E-state index in [0.29, 0.717) is 65.3 Å². The average Bonchev–Trinajstić information content (AvgIpc) is 2.70. The van der Waals surface area contributed by atoms with E-state index in [-0.39, 0.29) is 24.6 Å². The van der Waals surface area contributed by atoms with Gasteiger partial charge in [-0.3, -0.25) is 14.9 Å². The first kappa shape index (κ1) is 26.8. The number of hydrogen-bond acceptors (Lipinski definition) is 10. The Morgan fingerprint density at radius 2 is 1.45 bits per heavy atom. The van der Waals surface area contributed by atoms with E-state index < -0.39 is 10.5 Å². The van der Waals surface area contributed by atoms with E-state index >= 15 is 0 Å². The van der Waals surface area contributed by atoms with Gasteiger partial charge in [-0.25, -0.2) is 0 Å². The lowest BCUT2D eigenvalue weighted by molar-refractivity contribution is -0.426. The first-order chi connectivity index (χ1) is 14.8. The second-order valence-electron chi connectivity index (χ2n) is 7.43. The predicted molar refractivity (Wildman–Crippen MR) is 111 cm³/mol. The number of allylic oxidation sites excluding steroid dienone is 2. The fourth-order valence-corrected chi connectivity index (χ4v) is 2.21. The van der Waals surface area contributed by atoms with Crippen LogP contribution in [-0.2, 0) is 33.2 Å². The number of dihydropyridines is 1. The summed E-state index contributed by atoms with van der Waals surface area (Å²) in [6.45, 7) is 9.20. The number of nitrogens with one attached hydrogen (secondary N) is 1. The lowest BCUT2D eigenvalue weighted by Gasteiger charge is -2.19. The molecular formula is C20H34N2O9. The van der Waals surface area contributed by atoms with E-state index in [2.05, 4.69) is 5.32 Å². The Bertz CT molecular complexity index is 600. The normalized spacial score (nSPS) is 13.8. The SMILES string of the molecule is CC(C)(C)OC(=O)CCOCCOCCOCCOCCOC1=CC=C([N+](=O)[O-])CN1. The Hall–Kier alpha value is -2.21. The summed E-state index contributed by atoms with van der Waals surface area (Å²) in [5.74, 6) is 0.207. The summed E-state index contributed by atoms with van der Waals surface area (Å²) in [6.07, 6.45) is 3.16. The molecule has 0 radical (unpaired) electrons. The largest absolute Gasteiger partial charge is 0.477 e. The van der Waals surface area contributed by atoms with Crippen LogP contribution in [0.5, 0.6) is 0 Å². The van der Waals surface area contributed by atoms with Crippen molar-refractivity contribution in [2.24, 2.45) is 0 Å². The molecule has 0 spiro atoms. The Morgan fingerprint density at radius 1 is 0.935 bits per heavy atom. The summed E-state index contributed by atoms with van der Waals surface area (Å²) in [5.41, 5.74) is -0.385. The van der Waals surface area contributed by atoms with Gasteiger partial charge in [-0.1, -0.05) is 0 Å². The molecule has 0 saturated carbocycles. The molecule has 11 nitrogen and oxygen atoms in total. The molecule has 1 rings (SSSR count). The summed E-state index contributed by atoms with van der Waals surface area (Å²) in [4.78, 5) is 21.6. The van der Waals surface area contributed by atoms with Crippen molar-refractivity contribution in [2.75, 3.05) is 66.0 Å². The molecule has 1 N–H and O–H groups in total. The van der Waals surface area contributed by atoms with Crippen molar-refractivity contribution in [1.82, 2.24) is 5.32 Å². The number of esters is 1. The van der Waals surface area contributed by atoms with Crippen LogP contribution in [0.15, 0.2) is 23.7 Å². The Balaban J connectivity index is 1.81. The summed E-state index contributed by atoms with van der Waals surface area (Å²) < 4.78 is 32.0. The van der Waals surface area contributed by atoms with E-state index in [1.165, 1.54) is 12.2 Å². The van der Waals surface area contributed by atoms with Crippen LogP contribution in [0.4, 0.5) is 0 Å². The summed E-state index contributed by atoms with van der Waals surface area (Å²) in [6, 6.07) is 0. The van der Waals surface area contributed by atoms with Crippen molar-refractivity contribution in [2.45, 2.75) is 32.8 Å². The molecule has 1 aliphatic rings. The summed E-state index contributed by atoms with van der Waals surface area (Å²) >= 11 is 0. The number of nitrogens with zero attached hydrogens (tertiary/aromatic N) is 1. The van der Waals surface area contributed by atoms with Gasteiger partial charge in [-0.2, -0.15) is 0 Å². The minimum atomic E-state index is -0.478. The molecule has 0 aliphatic carbocycles. The van der Waals surface area contributed by atoms with Crippen LogP contribution in [0, 0.1) is 10.1 Å². The molecule has 0 unspecified atom stereocenters. The molecule has 0 aromatic rings. The molecule has 0 bridgehead atoms. The smallest absolute Gasteiger partial charge is 0.308 e. The number of nitro groups is 1. The lowest BCUT2D eigenvalue weighted by atomic mass is 10.2. The molecular weight excluding hydrogens is 412 g/mol. The van der Waals surface area contributed by atoms with Crippen molar-refractivity contribution >= 4 is 5.97 Å². The predicted octanol–water partition coefficient (Wildman–Crippen LogP) is 1.41. The molecule has 0 aromatic heterocycles. The van der Waals surface area contributed by atoms with Crippen LogP contribution in [0.1, 0.15) is 27.2 Å². The van der Waals surface area contributed by atoms with E-state index in [9.17, 15) is 14.9 Å². The average molecular weight is 446 g/mol. The van der Waals surface area contributed by atoms with Crippen LogP contribution in [-0.4, -0.2) is 82.5 Å². The first-order valence-corrected chi connectivity index (χ1v) is 10.2. The molecule has 0 saturated heterocycles. The van der Waals surface area contributed by atoms with Crippen molar-refractivity contribution < 1.29 is 38.1 Å². The monoisotopic (exact) mass is 446 g/mol. The van der Waals surface area contributed by atoms with E-state index in [0.717, 1.165) is 0 Å². The standard InChI is InChI=1S/C20H34N2O9/c1-20(2,3)31-19(23)6-7-26-8-9-27-10-11-28-12-13-29-14-15-30-18-5-4-17(16-21-18)22(24)25/h4-5,21H,6-16H2,1-3H3. The summed E-state index contributed by atoms with van der Waals surface area (Å²) in [5, 5.41) is 13.4. The molecule has 178 valence electrons. The lowest BCUT2D eigenvalue weighted by Crippen LogP contribution is -2.25. The molecule has 11 heteroatoms. The van der Waals surface area contributed by atoms with Gasteiger partial charge in [0, 0.05) is 12.2 Å². The minimum Gasteiger partial charge on any atom is -0.477 e. The zero-order valence-electron chi connectivity index (χ0n) is 18.6. The van der Waals surface area contributed by atoms with Gasteiger partial charge in [0.15, 0.2) is 5.88 Å². The van der Waals surface area contributed by atoms with E-state index in [1.54, 1.807) is 0 Å². The number of hydrogen-bond donors (Lipinski definition) is 1. The second kappa shape index (κ2) is 15.6. The van der Waals surface area contributed by atoms with Gasteiger partial charge in [0.25, 0.3) is 5.70 Å². The van der Waals surface area contributed by atoms with Gasteiger partial charge in [-0.15, -0.1) is 0 Å². The number of ether oxygens (including phenoxy) is 6. The number of carbonyl (C=O) groups is 1. The fraction of sp³-hybridized carbons (Fsp3) is 0.750. The van der Waals surface area contributed by atoms with Gasteiger partial charge >= 0.3 is 5.97 Å². The quantitative estimate of drug-likeness (QED) is 0.152. The third kappa shape index (κ3) is 15.3. The van der Waals surface area contributed by atoms with Gasteiger partial charge < -0.3 is 33.7 Å². The second-order valence-corrected chi connectivity index (χ2v) is 7.43. The van der Waals surface area contributed by atoms with Gasteiger partial charge in [0.05, 0.1) is 64.2 Å². The highest BCUT2D eigenvalue weighted by molar-refractivity contribution is 5.69. The highest BCUT2D eigenvalue weighted by Gasteiger charge is 2.16. The van der Waals surface area contributed by atoms with Crippen molar-refractivity contribution in [3.05, 3.63) is 33.8 Å². The zero-order valence-corrected chi connectivity index (χ0v) is 18.6. The molecule has 0 aromatic carbocycles. The maximum Gasteiger partial charge on any atom is 0.308 e. The van der Waals surface area contributed by atoms with Crippen LogP contribution in [0.3, 0.4) is 0 Å². The fourth-order valence-electron chi connectivity index (χ4n) is 2.21. The molecule has 31 heavy (non-hydrogen) atoms. The van der Waals surface area contributed by atoms with Crippen LogP contribution >= 0.6 is 0 Å². The van der Waals surface area contributed by atoms with Crippen molar-refractivity contribution in [1.29, 1.82) is 0 Å². The molecule has 0 atom stereocenters. The van der Waals surface area contributed by atoms with Crippen molar-refractivity contribution in [3.8, 4) is 0 Å². The zero-order chi connectivity index (χ0) is 23.0. The minimum absolute atomic E-state index is 0.0930. The highest BCUT2D eigenvalue weighted by atomic mass is 16.6. The topological polar surface area (TPSA) is 128 Å². The number of rotatable bonds is 17. The van der Waals surface area contributed by atoms with Gasteiger partial charge in [-0.05, 0) is 20.8 Å². The van der Waals surface area contributed by atoms with Gasteiger partial charge in [0.1, 0.15) is 18.8 Å². The Labute approximate surface area is 182 Å². The first-order valence-electron chi connectivity index (χ1n) is 10.2. The van der Waals surface area contributed by atoms with E-state index in [4.69, 9.17) is 28.4 Å². The summed E-state index contributed by atoms with van der Waals surface area (Å²) in [7, 11) is 0. The third-order valence-corrected chi connectivity index (χ3v) is 3.58. The molecule has 1 heterocycles. The van der Waals surface area contributed by atoms with Crippen molar-refractivity contribution in [3.63, 3.8) is 0 Å². The highest BCUT2D eigenvalue weighted by Crippen LogP contribution is 2.08. The Kier molecular flexibility index (Phi) is 13.5. The Morgan fingerprint density at radius 3 is 1.90 bits per heavy atom. The molecule has 1 aliphatic heterocycles.